The van der Waals surface area contributed by atoms with Crippen LogP contribution in [0.1, 0.15) is 44.3 Å². The molecule has 6 nitrogen and oxygen atoms in total. The van der Waals surface area contributed by atoms with Gasteiger partial charge in [0.05, 0.1) is 46.6 Å². The fourth-order valence-corrected chi connectivity index (χ4v) is 4.15. The number of aryl methyl sites for hydroxylation is 2. The van der Waals surface area contributed by atoms with Gasteiger partial charge >= 0.3 is 0 Å². The first-order valence-corrected chi connectivity index (χ1v) is 11.4. The molecule has 4 rings (SSSR count). The lowest BCUT2D eigenvalue weighted by molar-refractivity contribution is 0.102. The molecule has 0 bridgehead atoms. The van der Waals surface area contributed by atoms with Crippen LogP contribution in [0.15, 0.2) is 48.5 Å². The molecule has 33 heavy (non-hydrogen) atoms. The molecule has 0 aliphatic rings. The van der Waals surface area contributed by atoms with Crippen molar-refractivity contribution in [1.82, 2.24) is 19.6 Å². The lowest BCUT2D eigenvalue weighted by Crippen LogP contribution is -2.14. The van der Waals surface area contributed by atoms with Gasteiger partial charge in [0.25, 0.3) is 5.91 Å². The number of rotatable bonds is 6. The molecule has 2 heterocycles. The largest absolute Gasteiger partial charge is 0.319 e. The van der Waals surface area contributed by atoms with Crippen LogP contribution in [0.2, 0.25) is 10.0 Å². The van der Waals surface area contributed by atoms with Crippen LogP contribution in [0.3, 0.4) is 0 Å². The van der Waals surface area contributed by atoms with Gasteiger partial charge < -0.3 is 5.32 Å². The smallest absolute Gasteiger partial charge is 0.255 e. The molecule has 0 saturated carbocycles. The van der Waals surface area contributed by atoms with Crippen molar-refractivity contribution in [2.24, 2.45) is 0 Å². The van der Waals surface area contributed by atoms with Crippen molar-refractivity contribution in [2.45, 2.75) is 40.8 Å². The highest BCUT2D eigenvalue weighted by Crippen LogP contribution is 2.24. The van der Waals surface area contributed by atoms with E-state index in [0.717, 1.165) is 33.9 Å². The van der Waals surface area contributed by atoms with E-state index in [1.54, 1.807) is 6.07 Å². The van der Waals surface area contributed by atoms with E-state index in [1.165, 1.54) is 0 Å². The first-order valence-electron chi connectivity index (χ1n) is 10.6. The van der Waals surface area contributed by atoms with E-state index in [0.29, 0.717) is 34.4 Å². The SMILES string of the molecule is Cc1nn(Cc2cccc(C(=O)Nc3c(C)nn(Cc4ccccc4Cl)c3C)c2)c(C)c1Cl. The summed E-state index contributed by atoms with van der Waals surface area (Å²) in [7, 11) is 0. The van der Waals surface area contributed by atoms with Crippen molar-refractivity contribution in [1.29, 1.82) is 0 Å². The second-order valence-electron chi connectivity index (χ2n) is 8.09. The summed E-state index contributed by atoms with van der Waals surface area (Å²) in [5, 5.41) is 13.5. The van der Waals surface area contributed by atoms with E-state index >= 15 is 0 Å². The van der Waals surface area contributed by atoms with Crippen LogP contribution >= 0.6 is 23.2 Å². The van der Waals surface area contributed by atoms with Gasteiger partial charge in [0.1, 0.15) is 0 Å². The minimum atomic E-state index is -0.188. The summed E-state index contributed by atoms with van der Waals surface area (Å²) < 4.78 is 3.71. The zero-order valence-electron chi connectivity index (χ0n) is 19.0. The van der Waals surface area contributed by atoms with E-state index in [1.807, 2.05) is 79.5 Å². The van der Waals surface area contributed by atoms with E-state index in [9.17, 15) is 4.79 Å². The molecule has 0 spiro atoms. The number of hydrogen-bond donors (Lipinski definition) is 1. The zero-order valence-corrected chi connectivity index (χ0v) is 20.5. The van der Waals surface area contributed by atoms with E-state index < -0.39 is 0 Å². The molecule has 0 fully saturated rings. The molecule has 0 aliphatic heterocycles. The molecular formula is C25H25Cl2N5O. The molecule has 1 amide bonds. The Morgan fingerprint density at radius 2 is 1.58 bits per heavy atom. The molecule has 2 aromatic carbocycles. The highest BCUT2D eigenvalue weighted by atomic mass is 35.5. The third-order valence-electron chi connectivity index (χ3n) is 5.71. The second-order valence-corrected chi connectivity index (χ2v) is 8.88. The first-order chi connectivity index (χ1) is 15.7. The maximum absolute atomic E-state index is 13.1. The molecule has 8 heteroatoms. The van der Waals surface area contributed by atoms with Crippen LogP contribution in [0, 0.1) is 27.7 Å². The molecular weight excluding hydrogens is 457 g/mol. The number of hydrogen-bond acceptors (Lipinski definition) is 3. The molecule has 0 saturated heterocycles. The predicted molar refractivity (Wildman–Crippen MR) is 132 cm³/mol. The average Bonchev–Trinajstić information content (AvgIpc) is 3.19. The van der Waals surface area contributed by atoms with E-state index in [2.05, 4.69) is 15.5 Å². The van der Waals surface area contributed by atoms with Gasteiger partial charge in [0, 0.05) is 10.6 Å². The van der Waals surface area contributed by atoms with Crippen LogP contribution in [0.5, 0.6) is 0 Å². The van der Waals surface area contributed by atoms with Crippen molar-refractivity contribution in [3.05, 3.63) is 98.0 Å². The summed E-state index contributed by atoms with van der Waals surface area (Å²) in [5.74, 6) is -0.188. The lowest BCUT2D eigenvalue weighted by Gasteiger charge is -2.10. The van der Waals surface area contributed by atoms with Gasteiger partial charge in [-0.1, -0.05) is 53.5 Å². The van der Waals surface area contributed by atoms with Crippen molar-refractivity contribution >= 4 is 34.8 Å². The van der Waals surface area contributed by atoms with E-state index in [4.69, 9.17) is 23.2 Å². The molecule has 0 radical (unpaired) electrons. The van der Waals surface area contributed by atoms with Gasteiger partial charge in [-0.05, 0) is 57.0 Å². The monoisotopic (exact) mass is 481 g/mol. The maximum Gasteiger partial charge on any atom is 0.255 e. The average molecular weight is 482 g/mol. The van der Waals surface area contributed by atoms with Gasteiger partial charge in [0.2, 0.25) is 0 Å². The second kappa shape index (κ2) is 9.41. The minimum Gasteiger partial charge on any atom is -0.319 e. The van der Waals surface area contributed by atoms with Crippen LogP contribution in [0.25, 0.3) is 0 Å². The third-order valence-corrected chi connectivity index (χ3v) is 6.63. The van der Waals surface area contributed by atoms with Crippen LogP contribution in [-0.4, -0.2) is 25.5 Å². The number of nitrogens with one attached hydrogen (secondary N) is 1. The van der Waals surface area contributed by atoms with Crippen LogP contribution in [-0.2, 0) is 13.1 Å². The number of anilines is 1. The zero-order chi connectivity index (χ0) is 23.7. The quantitative estimate of drug-likeness (QED) is 0.368. The van der Waals surface area contributed by atoms with E-state index in [-0.39, 0.29) is 5.91 Å². The number of aromatic nitrogens is 4. The van der Waals surface area contributed by atoms with Crippen molar-refractivity contribution in [3.63, 3.8) is 0 Å². The number of carbonyl (C=O) groups is 1. The van der Waals surface area contributed by atoms with Gasteiger partial charge in [-0.25, -0.2) is 0 Å². The molecule has 4 aromatic rings. The molecule has 2 aromatic heterocycles. The fraction of sp³-hybridized carbons (Fsp3) is 0.240. The Balaban J connectivity index is 1.53. The number of carbonyl (C=O) groups excluding carboxylic acids is 1. The Morgan fingerprint density at radius 3 is 2.27 bits per heavy atom. The summed E-state index contributed by atoms with van der Waals surface area (Å²) in [6.07, 6.45) is 0. The van der Waals surface area contributed by atoms with Gasteiger partial charge in [-0.3, -0.25) is 14.2 Å². The lowest BCUT2D eigenvalue weighted by atomic mass is 10.1. The summed E-state index contributed by atoms with van der Waals surface area (Å²) >= 11 is 12.6. The summed E-state index contributed by atoms with van der Waals surface area (Å²) in [5.41, 5.74) is 6.53. The maximum atomic E-state index is 13.1. The minimum absolute atomic E-state index is 0.188. The van der Waals surface area contributed by atoms with Gasteiger partial charge in [-0.15, -0.1) is 0 Å². The summed E-state index contributed by atoms with van der Waals surface area (Å²) in [6.45, 7) is 8.71. The topological polar surface area (TPSA) is 64.7 Å². The number of halogens is 2. The molecule has 0 atom stereocenters. The Kier molecular flexibility index (Phi) is 6.58. The third kappa shape index (κ3) is 4.82. The van der Waals surface area contributed by atoms with Crippen molar-refractivity contribution in [2.75, 3.05) is 5.32 Å². The Hall–Kier alpha value is -3.09. The normalized spacial score (nSPS) is 11.1. The fourth-order valence-electron chi connectivity index (χ4n) is 3.82. The molecule has 0 unspecified atom stereocenters. The van der Waals surface area contributed by atoms with Gasteiger partial charge in [-0.2, -0.15) is 10.2 Å². The van der Waals surface area contributed by atoms with Gasteiger partial charge in [0.15, 0.2) is 0 Å². The predicted octanol–water partition coefficient (Wildman–Crippen LogP) is 5.97. The Bertz CT molecular complexity index is 1340. The van der Waals surface area contributed by atoms with Crippen LogP contribution < -0.4 is 5.32 Å². The highest BCUT2D eigenvalue weighted by Gasteiger charge is 2.17. The summed E-state index contributed by atoms with van der Waals surface area (Å²) in [4.78, 5) is 13.1. The first kappa shape index (κ1) is 23.1. The molecule has 1 N–H and O–H groups in total. The van der Waals surface area contributed by atoms with Crippen molar-refractivity contribution < 1.29 is 4.79 Å². The highest BCUT2D eigenvalue weighted by molar-refractivity contribution is 6.32. The standard InChI is InChI=1S/C25H25Cl2N5O/c1-15-23(27)17(3)31(29-15)13-19-8-7-10-20(12-19)25(33)28-24-16(2)30-32(18(24)4)14-21-9-5-6-11-22(21)26/h5-12H,13-14H2,1-4H3,(H,28,33). The molecule has 0 aliphatic carbocycles. The Morgan fingerprint density at radius 1 is 0.879 bits per heavy atom. The van der Waals surface area contributed by atoms with Crippen molar-refractivity contribution in [3.8, 4) is 0 Å². The number of benzene rings is 2. The van der Waals surface area contributed by atoms with Crippen LogP contribution in [0.4, 0.5) is 5.69 Å². The summed E-state index contributed by atoms with van der Waals surface area (Å²) in [6, 6.07) is 15.2. The molecule has 170 valence electrons. The Labute approximate surface area is 203 Å². The number of nitrogens with zero attached hydrogens (tertiary/aromatic N) is 4. The number of amides is 1.